The molecule has 7 nitrogen and oxygen atoms in total. The van der Waals surface area contributed by atoms with Gasteiger partial charge in [-0.2, -0.15) is 0 Å². The van der Waals surface area contributed by atoms with Crippen LogP contribution in [0, 0.1) is 0 Å². The van der Waals surface area contributed by atoms with Crippen molar-refractivity contribution in [1.82, 2.24) is 0 Å². The predicted octanol–water partition coefficient (Wildman–Crippen LogP) is 0.853. The third kappa shape index (κ3) is 4.36. The number of carbonyl (C=O) groups excluding carboxylic acids is 2. The zero-order chi connectivity index (χ0) is 15.1. The van der Waals surface area contributed by atoms with Gasteiger partial charge in [-0.3, -0.25) is 4.79 Å². The number of phenolic OH excluding ortho intramolecular Hbond substituents is 1. The van der Waals surface area contributed by atoms with Crippen molar-refractivity contribution in [1.29, 1.82) is 0 Å². The zero-order valence-electron chi connectivity index (χ0n) is 10.8. The fourth-order valence-electron chi connectivity index (χ4n) is 1.40. The fourth-order valence-corrected chi connectivity index (χ4v) is 1.40. The monoisotopic (exact) mass is 282 g/mol. The fraction of sp³-hybridized carbons (Fsp3) is 0.308. The van der Waals surface area contributed by atoms with E-state index in [2.05, 4.69) is 4.74 Å². The van der Waals surface area contributed by atoms with Gasteiger partial charge in [0.15, 0.2) is 5.78 Å². The summed E-state index contributed by atoms with van der Waals surface area (Å²) in [5.74, 6) is -2.80. The van der Waals surface area contributed by atoms with Crippen molar-refractivity contribution in [2.75, 3.05) is 19.8 Å². The first-order valence-corrected chi connectivity index (χ1v) is 5.78. The summed E-state index contributed by atoms with van der Waals surface area (Å²) < 4.78 is 9.44. The van der Waals surface area contributed by atoms with Gasteiger partial charge in [-0.05, 0) is 25.1 Å². The number of phenols is 1. The molecule has 1 rings (SSSR count). The van der Waals surface area contributed by atoms with Crippen LogP contribution in [0.1, 0.15) is 27.6 Å². The van der Waals surface area contributed by atoms with Crippen LogP contribution in [0.4, 0.5) is 0 Å². The summed E-state index contributed by atoms with van der Waals surface area (Å²) >= 11 is 0. The number of carbonyl (C=O) groups is 3. The van der Waals surface area contributed by atoms with Gasteiger partial charge >= 0.3 is 11.9 Å². The van der Waals surface area contributed by atoms with Crippen LogP contribution in [0.25, 0.3) is 0 Å². The quantitative estimate of drug-likeness (QED) is 0.563. The molecule has 0 amide bonds. The molecule has 20 heavy (non-hydrogen) atoms. The van der Waals surface area contributed by atoms with Crippen LogP contribution >= 0.6 is 0 Å². The van der Waals surface area contributed by atoms with Crippen molar-refractivity contribution >= 4 is 17.7 Å². The van der Waals surface area contributed by atoms with Crippen molar-refractivity contribution < 1.29 is 34.1 Å². The molecule has 7 heteroatoms. The van der Waals surface area contributed by atoms with Gasteiger partial charge in [0.1, 0.15) is 19.0 Å². The van der Waals surface area contributed by atoms with Gasteiger partial charge in [-0.25, -0.2) is 9.59 Å². The van der Waals surface area contributed by atoms with E-state index < -0.39 is 24.3 Å². The Kier molecular flexibility index (Phi) is 5.67. The van der Waals surface area contributed by atoms with Crippen LogP contribution in [0.15, 0.2) is 18.2 Å². The van der Waals surface area contributed by atoms with E-state index in [9.17, 15) is 19.5 Å². The van der Waals surface area contributed by atoms with Crippen LogP contribution in [-0.4, -0.2) is 47.8 Å². The van der Waals surface area contributed by atoms with E-state index in [0.717, 1.165) is 12.1 Å². The Labute approximate surface area is 114 Å². The number of aromatic carboxylic acids is 1. The maximum atomic E-state index is 11.7. The second-order valence-electron chi connectivity index (χ2n) is 3.76. The van der Waals surface area contributed by atoms with Gasteiger partial charge in [-0.15, -0.1) is 0 Å². The average molecular weight is 282 g/mol. The summed E-state index contributed by atoms with van der Waals surface area (Å²) in [4.78, 5) is 33.5. The highest BCUT2D eigenvalue weighted by Crippen LogP contribution is 2.19. The number of benzene rings is 1. The molecule has 0 atom stereocenters. The van der Waals surface area contributed by atoms with Gasteiger partial charge in [-0.1, -0.05) is 0 Å². The molecule has 2 N–H and O–H groups in total. The summed E-state index contributed by atoms with van der Waals surface area (Å²) in [5, 5.41) is 18.3. The third-order valence-corrected chi connectivity index (χ3v) is 2.30. The molecule has 108 valence electrons. The first kappa shape index (κ1) is 15.6. The van der Waals surface area contributed by atoms with E-state index in [1.165, 1.54) is 6.07 Å². The summed E-state index contributed by atoms with van der Waals surface area (Å²) in [6.45, 7) is 0.991. The first-order chi connectivity index (χ1) is 9.45. The lowest BCUT2D eigenvalue weighted by Gasteiger charge is -2.06. The van der Waals surface area contributed by atoms with Crippen LogP contribution in [0.2, 0.25) is 0 Å². The number of ether oxygens (including phenoxy) is 2. The maximum Gasteiger partial charge on any atom is 0.335 e. The number of Topliss-reactive ketones (excluding diaryl/α,β-unsaturated/α-hetero) is 1. The molecule has 0 saturated carbocycles. The molecule has 0 aliphatic rings. The highest BCUT2D eigenvalue weighted by molar-refractivity contribution is 6.01. The molecule has 0 aliphatic heterocycles. The number of aromatic hydroxyl groups is 1. The number of rotatable bonds is 7. The van der Waals surface area contributed by atoms with E-state index in [0.29, 0.717) is 0 Å². The minimum atomic E-state index is -1.22. The SMILES string of the molecule is CCOC(=O)COCC(=O)c1cc(C(=O)O)ccc1O. The number of hydrogen-bond donors (Lipinski definition) is 2. The van der Waals surface area contributed by atoms with Crippen LogP contribution < -0.4 is 0 Å². The second-order valence-corrected chi connectivity index (χ2v) is 3.76. The highest BCUT2D eigenvalue weighted by Gasteiger charge is 2.15. The molecule has 0 saturated heterocycles. The minimum Gasteiger partial charge on any atom is -0.507 e. The Morgan fingerprint density at radius 3 is 2.50 bits per heavy atom. The second kappa shape index (κ2) is 7.25. The summed E-state index contributed by atoms with van der Waals surface area (Å²) in [6, 6.07) is 3.34. The molecular formula is C13H14O7. The molecule has 0 radical (unpaired) electrons. The molecule has 0 spiro atoms. The van der Waals surface area contributed by atoms with Crippen molar-refractivity contribution in [3.63, 3.8) is 0 Å². The van der Waals surface area contributed by atoms with Gasteiger partial charge < -0.3 is 19.7 Å². The van der Waals surface area contributed by atoms with Gasteiger partial charge in [0.25, 0.3) is 0 Å². The Hall–Kier alpha value is -2.41. The lowest BCUT2D eigenvalue weighted by atomic mass is 10.1. The molecule has 0 aromatic heterocycles. The van der Waals surface area contributed by atoms with Crippen LogP contribution in [-0.2, 0) is 14.3 Å². The summed E-state index contributed by atoms with van der Waals surface area (Å²) in [6.07, 6.45) is 0. The third-order valence-electron chi connectivity index (χ3n) is 2.30. The Morgan fingerprint density at radius 1 is 1.20 bits per heavy atom. The number of carboxylic acids is 1. The lowest BCUT2D eigenvalue weighted by molar-refractivity contribution is -0.147. The van der Waals surface area contributed by atoms with Gasteiger partial charge in [0.2, 0.25) is 0 Å². The number of carboxylic acid groups (broad SMARTS) is 1. The lowest BCUT2D eigenvalue weighted by Crippen LogP contribution is -2.17. The van der Waals surface area contributed by atoms with E-state index in [1.54, 1.807) is 6.92 Å². The number of ketones is 1. The Balaban J connectivity index is 2.65. The van der Waals surface area contributed by atoms with E-state index in [4.69, 9.17) is 9.84 Å². The molecule has 1 aromatic rings. The molecule has 0 aliphatic carbocycles. The minimum absolute atomic E-state index is 0.128. The van der Waals surface area contributed by atoms with Crippen molar-refractivity contribution in [3.05, 3.63) is 29.3 Å². The molecule has 0 heterocycles. The van der Waals surface area contributed by atoms with Crippen LogP contribution in [0.5, 0.6) is 5.75 Å². The van der Waals surface area contributed by atoms with Crippen LogP contribution in [0.3, 0.4) is 0 Å². The molecule has 0 bridgehead atoms. The molecule has 0 fully saturated rings. The number of esters is 1. The van der Waals surface area contributed by atoms with Gasteiger partial charge in [0.05, 0.1) is 17.7 Å². The van der Waals surface area contributed by atoms with E-state index in [1.807, 2.05) is 0 Å². The summed E-state index contributed by atoms with van der Waals surface area (Å²) in [7, 11) is 0. The molecular weight excluding hydrogens is 268 g/mol. The topological polar surface area (TPSA) is 110 Å². The zero-order valence-corrected chi connectivity index (χ0v) is 10.8. The smallest absolute Gasteiger partial charge is 0.335 e. The predicted molar refractivity (Wildman–Crippen MR) is 66.8 cm³/mol. The Bertz CT molecular complexity index is 521. The first-order valence-electron chi connectivity index (χ1n) is 5.78. The maximum absolute atomic E-state index is 11.7. The van der Waals surface area contributed by atoms with Crippen molar-refractivity contribution in [2.45, 2.75) is 6.92 Å². The summed E-state index contributed by atoms with van der Waals surface area (Å²) in [5.41, 5.74) is -0.301. The van der Waals surface area contributed by atoms with Gasteiger partial charge in [0, 0.05) is 0 Å². The Morgan fingerprint density at radius 2 is 1.90 bits per heavy atom. The standard InChI is InChI=1S/C13H14O7/c1-2-20-12(16)7-19-6-11(15)9-5-8(13(17)18)3-4-10(9)14/h3-5,14H,2,6-7H2,1H3,(H,17,18). The molecule has 0 unspecified atom stereocenters. The average Bonchev–Trinajstić information content (AvgIpc) is 2.39. The number of hydrogen-bond acceptors (Lipinski definition) is 6. The van der Waals surface area contributed by atoms with Crippen molar-refractivity contribution in [2.24, 2.45) is 0 Å². The van der Waals surface area contributed by atoms with Crippen molar-refractivity contribution in [3.8, 4) is 5.75 Å². The highest BCUT2D eigenvalue weighted by atomic mass is 16.6. The van der Waals surface area contributed by atoms with E-state index in [-0.39, 0.29) is 30.1 Å². The normalized spacial score (nSPS) is 10.1. The van der Waals surface area contributed by atoms with E-state index >= 15 is 0 Å². The largest absolute Gasteiger partial charge is 0.507 e. The molecule has 1 aromatic carbocycles.